The lowest BCUT2D eigenvalue weighted by Crippen LogP contribution is -2.28. The van der Waals surface area contributed by atoms with E-state index in [1.807, 2.05) is 0 Å². The maximum atomic E-state index is 10.9. The van der Waals surface area contributed by atoms with Gasteiger partial charge in [-0.3, -0.25) is 4.79 Å². The maximum Gasteiger partial charge on any atom is 0.268 e. The number of aliphatic hydroxyl groups is 1. The number of carbonyl (C=O) groups excluding carboxylic acids is 1. The van der Waals surface area contributed by atoms with Crippen molar-refractivity contribution in [3.8, 4) is 5.75 Å². The number of aromatic hydroxyl groups is 1. The van der Waals surface area contributed by atoms with Crippen LogP contribution in [0, 0.1) is 0 Å². The molecule has 0 saturated heterocycles. The quantitative estimate of drug-likeness (QED) is 0.491. The Labute approximate surface area is 87.1 Å². The number of aliphatic hydroxyl groups excluding tert-OH is 1. The van der Waals surface area contributed by atoms with Gasteiger partial charge in [0.15, 0.2) is 0 Å². The summed E-state index contributed by atoms with van der Waals surface area (Å²) in [6.07, 6.45) is 0.284. The Kier molecular flexibility index (Phi) is 3.82. The Balaban J connectivity index is 2.55. The average molecular weight is 208 g/mol. The second-order valence-corrected chi connectivity index (χ2v) is 3.01. The lowest BCUT2D eigenvalue weighted by atomic mass is 10.2. The number of nitrogens with one attached hydrogen (secondary N) is 1. The molecule has 0 heterocycles. The first kappa shape index (κ1) is 11.2. The van der Waals surface area contributed by atoms with Crippen LogP contribution in [0.5, 0.6) is 5.75 Å². The molecular weight excluding hydrogens is 196 g/mol. The van der Waals surface area contributed by atoms with Gasteiger partial charge in [0.05, 0.1) is 6.21 Å². The third-order valence-corrected chi connectivity index (χ3v) is 1.64. The van der Waals surface area contributed by atoms with Crippen LogP contribution in [0.25, 0.3) is 0 Å². The Hall–Kier alpha value is -1.88. The fourth-order valence-electron chi connectivity index (χ4n) is 0.869. The van der Waals surface area contributed by atoms with Crippen LogP contribution in [-0.2, 0) is 4.79 Å². The van der Waals surface area contributed by atoms with Crippen LogP contribution in [0.4, 0.5) is 0 Å². The van der Waals surface area contributed by atoms with Crippen molar-refractivity contribution >= 4 is 12.1 Å². The Morgan fingerprint density at radius 1 is 1.60 bits per heavy atom. The molecule has 1 aromatic carbocycles. The highest BCUT2D eigenvalue weighted by Gasteiger charge is 2.05. The van der Waals surface area contributed by atoms with Gasteiger partial charge < -0.3 is 10.2 Å². The lowest BCUT2D eigenvalue weighted by Gasteiger charge is -2.00. The van der Waals surface area contributed by atoms with E-state index in [4.69, 9.17) is 10.2 Å². The zero-order valence-electron chi connectivity index (χ0n) is 8.21. The van der Waals surface area contributed by atoms with E-state index in [1.54, 1.807) is 12.1 Å². The molecule has 1 rings (SSSR count). The molecule has 1 aromatic rings. The van der Waals surface area contributed by atoms with E-state index in [0.29, 0.717) is 5.56 Å². The Bertz CT molecular complexity index is 375. The SMILES string of the molecule is C[C@@H](O)C(=O)N/N=C\c1cccc(O)c1. The first-order valence-electron chi connectivity index (χ1n) is 4.39. The highest BCUT2D eigenvalue weighted by molar-refractivity contribution is 5.84. The first-order valence-corrected chi connectivity index (χ1v) is 4.39. The van der Waals surface area contributed by atoms with Crippen LogP contribution in [-0.4, -0.2) is 28.4 Å². The minimum absolute atomic E-state index is 0.126. The monoisotopic (exact) mass is 208 g/mol. The number of nitrogens with zero attached hydrogens (tertiary/aromatic N) is 1. The third-order valence-electron chi connectivity index (χ3n) is 1.64. The van der Waals surface area contributed by atoms with Crippen LogP contribution < -0.4 is 5.43 Å². The van der Waals surface area contributed by atoms with Gasteiger partial charge >= 0.3 is 0 Å². The Morgan fingerprint density at radius 2 is 2.33 bits per heavy atom. The number of rotatable bonds is 3. The van der Waals surface area contributed by atoms with Gasteiger partial charge in [0, 0.05) is 0 Å². The topological polar surface area (TPSA) is 81.9 Å². The summed E-state index contributed by atoms with van der Waals surface area (Å²) in [5.41, 5.74) is 2.80. The fraction of sp³-hybridized carbons (Fsp3) is 0.200. The highest BCUT2D eigenvalue weighted by Crippen LogP contribution is 2.08. The molecule has 1 atom stereocenters. The lowest BCUT2D eigenvalue weighted by molar-refractivity contribution is -0.128. The van der Waals surface area contributed by atoms with Crippen molar-refractivity contribution in [1.29, 1.82) is 0 Å². The van der Waals surface area contributed by atoms with E-state index < -0.39 is 12.0 Å². The summed E-state index contributed by atoms with van der Waals surface area (Å²) in [6, 6.07) is 6.41. The predicted octanol–water partition coefficient (Wildman–Crippen LogP) is 0.223. The molecule has 0 bridgehead atoms. The number of carbonyl (C=O) groups is 1. The highest BCUT2D eigenvalue weighted by atomic mass is 16.3. The number of hydrogen-bond donors (Lipinski definition) is 3. The van der Waals surface area contributed by atoms with E-state index in [2.05, 4.69) is 10.5 Å². The van der Waals surface area contributed by atoms with Crippen molar-refractivity contribution < 1.29 is 15.0 Å². The molecule has 80 valence electrons. The number of hydrogen-bond acceptors (Lipinski definition) is 4. The van der Waals surface area contributed by atoms with Crippen molar-refractivity contribution in [2.45, 2.75) is 13.0 Å². The van der Waals surface area contributed by atoms with Crippen LogP contribution >= 0.6 is 0 Å². The van der Waals surface area contributed by atoms with Crippen LogP contribution in [0.1, 0.15) is 12.5 Å². The number of hydrazone groups is 1. The van der Waals surface area contributed by atoms with E-state index in [-0.39, 0.29) is 5.75 Å². The normalized spacial score (nSPS) is 12.7. The van der Waals surface area contributed by atoms with Gasteiger partial charge in [-0.1, -0.05) is 12.1 Å². The summed E-state index contributed by atoms with van der Waals surface area (Å²) in [7, 11) is 0. The molecule has 0 aliphatic heterocycles. The van der Waals surface area contributed by atoms with Gasteiger partial charge in [-0.2, -0.15) is 5.10 Å². The Morgan fingerprint density at radius 3 is 2.93 bits per heavy atom. The van der Waals surface area contributed by atoms with Crippen molar-refractivity contribution in [2.75, 3.05) is 0 Å². The first-order chi connectivity index (χ1) is 7.09. The molecule has 1 amide bonds. The zero-order valence-corrected chi connectivity index (χ0v) is 8.21. The summed E-state index contributed by atoms with van der Waals surface area (Å²) < 4.78 is 0. The molecule has 5 heteroatoms. The van der Waals surface area contributed by atoms with Crippen LogP contribution in [0.3, 0.4) is 0 Å². The van der Waals surface area contributed by atoms with Gasteiger partial charge in [-0.15, -0.1) is 0 Å². The summed E-state index contributed by atoms with van der Waals surface area (Å²) in [6.45, 7) is 1.35. The standard InChI is InChI=1S/C10H12N2O3/c1-7(13)10(15)12-11-6-8-3-2-4-9(14)5-8/h2-7,13-14H,1H3,(H,12,15)/b11-6-/t7-/m1/s1. The van der Waals surface area contributed by atoms with Crippen molar-refractivity contribution in [3.63, 3.8) is 0 Å². The molecule has 15 heavy (non-hydrogen) atoms. The maximum absolute atomic E-state index is 10.9. The second kappa shape index (κ2) is 5.11. The smallest absolute Gasteiger partial charge is 0.268 e. The number of phenolic OH excluding ortho intramolecular Hbond substituents is 1. The van der Waals surface area contributed by atoms with E-state index in [1.165, 1.54) is 25.3 Å². The van der Waals surface area contributed by atoms with Gasteiger partial charge in [0.2, 0.25) is 0 Å². The number of benzene rings is 1. The molecule has 5 nitrogen and oxygen atoms in total. The van der Waals surface area contributed by atoms with E-state index in [9.17, 15) is 4.79 Å². The summed E-state index contributed by atoms with van der Waals surface area (Å²) in [5, 5.41) is 21.6. The summed E-state index contributed by atoms with van der Waals surface area (Å²) in [5.74, 6) is -0.452. The van der Waals surface area contributed by atoms with Gasteiger partial charge in [0.25, 0.3) is 5.91 Å². The van der Waals surface area contributed by atoms with Crippen LogP contribution in [0.15, 0.2) is 29.4 Å². The van der Waals surface area contributed by atoms with Crippen molar-refractivity contribution in [3.05, 3.63) is 29.8 Å². The molecule has 0 aromatic heterocycles. The molecule has 0 radical (unpaired) electrons. The minimum Gasteiger partial charge on any atom is -0.508 e. The van der Waals surface area contributed by atoms with E-state index >= 15 is 0 Å². The fourth-order valence-corrected chi connectivity index (χ4v) is 0.869. The molecule has 3 N–H and O–H groups in total. The molecule has 0 aliphatic rings. The largest absolute Gasteiger partial charge is 0.508 e. The average Bonchev–Trinajstić information content (AvgIpc) is 2.17. The third kappa shape index (κ3) is 3.78. The van der Waals surface area contributed by atoms with Gasteiger partial charge in [-0.05, 0) is 24.6 Å². The number of phenols is 1. The molecular formula is C10H12N2O3. The molecule has 0 spiro atoms. The van der Waals surface area contributed by atoms with Crippen molar-refractivity contribution in [1.82, 2.24) is 5.43 Å². The molecule has 0 aliphatic carbocycles. The zero-order chi connectivity index (χ0) is 11.3. The van der Waals surface area contributed by atoms with Crippen molar-refractivity contribution in [2.24, 2.45) is 5.10 Å². The molecule has 0 fully saturated rings. The number of amides is 1. The predicted molar refractivity (Wildman–Crippen MR) is 55.5 cm³/mol. The van der Waals surface area contributed by atoms with E-state index in [0.717, 1.165) is 0 Å². The van der Waals surface area contributed by atoms with Gasteiger partial charge in [-0.25, -0.2) is 5.43 Å². The minimum atomic E-state index is -1.09. The summed E-state index contributed by atoms with van der Waals surface area (Å²) in [4.78, 5) is 10.9. The van der Waals surface area contributed by atoms with Gasteiger partial charge in [0.1, 0.15) is 11.9 Å². The molecule has 0 unspecified atom stereocenters. The summed E-state index contributed by atoms with van der Waals surface area (Å²) >= 11 is 0. The van der Waals surface area contributed by atoms with Crippen LogP contribution in [0.2, 0.25) is 0 Å². The second-order valence-electron chi connectivity index (χ2n) is 3.01. The molecule has 0 saturated carbocycles.